The number of halogens is 2. The van der Waals surface area contributed by atoms with E-state index in [1.54, 1.807) is 18.2 Å². The first-order chi connectivity index (χ1) is 14.3. The van der Waals surface area contributed by atoms with E-state index in [-0.39, 0.29) is 18.0 Å². The van der Waals surface area contributed by atoms with Crippen LogP contribution >= 0.6 is 23.2 Å². The molecular formula is C22H22Cl2N4O2. The molecule has 0 saturated carbocycles. The maximum absolute atomic E-state index is 13.2. The summed E-state index contributed by atoms with van der Waals surface area (Å²) in [4.78, 5) is 26.3. The highest BCUT2D eigenvalue weighted by Crippen LogP contribution is 2.37. The first-order valence-electron chi connectivity index (χ1n) is 9.89. The number of anilines is 1. The van der Waals surface area contributed by atoms with E-state index < -0.39 is 0 Å². The second-order valence-corrected chi connectivity index (χ2v) is 8.37. The number of benzene rings is 2. The van der Waals surface area contributed by atoms with Gasteiger partial charge in [0.2, 0.25) is 5.91 Å². The van der Waals surface area contributed by atoms with Crippen LogP contribution in [-0.4, -0.2) is 40.6 Å². The van der Waals surface area contributed by atoms with Crippen molar-refractivity contribution >= 4 is 46.5 Å². The zero-order chi connectivity index (χ0) is 21.4. The number of hydrogen-bond donors (Lipinski definition) is 1. The van der Waals surface area contributed by atoms with Gasteiger partial charge in [-0.15, -0.1) is 0 Å². The molecule has 2 aliphatic rings. The van der Waals surface area contributed by atoms with Gasteiger partial charge in [0, 0.05) is 36.8 Å². The number of likely N-dealkylation sites (tertiary alicyclic amines) is 1. The van der Waals surface area contributed by atoms with Gasteiger partial charge in [0.05, 0.1) is 21.8 Å². The maximum atomic E-state index is 13.2. The predicted molar refractivity (Wildman–Crippen MR) is 119 cm³/mol. The molecular weight excluding hydrogens is 423 g/mol. The Hall–Kier alpha value is -2.57. The maximum Gasteiger partial charge on any atom is 0.341 e. The molecule has 1 saturated heterocycles. The van der Waals surface area contributed by atoms with Gasteiger partial charge in [0.15, 0.2) is 0 Å². The Bertz CT molecular complexity index is 1030. The van der Waals surface area contributed by atoms with Gasteiger partial charge in [-0.2, -0.15) is 5.10 Å². The van der Waals surface area contributed by atoms with Gasteiger partial charge in [0.25, 0.3) is 0 Å². The van der Waals surface area contributed by atoms with Crippen LogP contribution in [-0.2, 0) is 4.79 Å². The summed E-state index contributed by atoms with van der Waals surface area (Å²) in [6.07, 6.45) is 2.01. The van der Waals surface area contributed by atoms with Crippen molar-refractivity contribution in [1.82, 2.24) is 9.91 Å². The number of urea groups is 1. The number of hydrazone groups is 1. The molecule has 0 radical (unpaired) electrons. The summed E-state index contributed by atoms with van der Waals surface area (Å²) >= 11 is 12.6. The Kier molecular flexibility index (Phi) is 5.71. The molecule has 3 amide bonds. The van der Waals surface area contributed by atoms with Gasteiger partial charge in [-0.3, -0.25) is 4.79 Å². The van der Waals surface area contributed by atoms with Gasteiger partial charge < -0.3 is 10.2 Å². The molecule has 6 nitrogen and oxygen atoms in total. The number of carbonyl (C=O) groups excluding carboxylic acids is 2. The zero-order valence-electron chi connectivity index (χ0n) is 16.8. The third-order valence-electron chi connectivity index (χ3n) is 5.42. The first-order valence-corrected chi connectivity index (χ1v) is 10.6. The van der Waals surface area contributed by atoms with Crippen LogP contribution in [0.5, 0.6) is 0 Å². The van der Waals surface area contributed by atoms with Crippen molar-refractivity contribution in [3.63, 3.8) is 0 Å². The Balaban J connectivity index is 1.79. The van der Waals surface area contributed by atoms with Crippen LogP contribution in [0.1, 0.15) is 49.4 Å². The molecule has 1 N–H and O–H groups in total. The largest absolute Gasteiger partial charge is 0.341 e. The van der Waals surface area contributed by atoms with Gasteiger partial charge in [-0.25, -0.2) is 9.80 Å². The van der Waals surface area contributed by atoms with Gasteiger partial charge in [0.1, 0.15) is 0 Å². The van der Waals surface area contributed by atoms with Crippen LogP contribution in [0, 0.1) is 0 Å². The van der Waals surface area contributed by atoms with E-state index in [1.807, 2.05) is 30.0 Å². The average molecular weight is 445 g/mol. The van der Waals surface area contributed by atoms with Crippen LogP contribution in [0.25, 0.3) is 0 Å². The SMILES string of the molecule is CC(=O)Nc1ccc(C2=NN(C(=O)N3CCCC3)C(C)c3cc(Cl)c(Cl)cc32)cc1. The molecule has 4 rings (SSSR count). The highest BCUT2D eigenvalue weighted by Gasteiger charge is 2.34. The molecule has 2 aromatic carbocycles. The van der Waals surface area contributed by atoms with Crippen molar-refractivity contribution in [3.05, 3.63) is 63.1 Å². The van der Waals surface area contributed by atoms with Crippen molar-refractivity contribution in [1.29, 1.82) is 0 Å². The molecule has 30 heavy (non-hydrogen) atoms. The van der Waals surface area contributed by atoms with Crippen LogP contribution in [0.3, 0.4) is 0 Å². The highest BCUT2D eigenvalue weighted by molar-refractivity contribution is 6.42. The lowest BCUT2D eigenvalue weighted by Gasteiger charge is -2.34. The summed E-state index contributed by atoms with van der Waals surface area (Å²) in [5.41, 5.74) is 3.89. The summed E-state index contributed by atoms with van der Waals surface area (Å²) in [6, 6.07) is 10.6. The van der Waals surface area contributed by atoms with E-state index >= 15 is 0 Å². The summed E-state index contributed by atoms with van der Waals surface area (Å²) in [6.45, 7) is 4.89. The minimum atomic E-state index is -0.273. The fourth-order valence-corrected chi connectivity index (χ4v) is 4.22. The van der Waals surface area contributed by atoms with Crippen molar-refractivity contribution in [2.45, 2.75) is 32.7 Å². The minimum absolute atomic E-state index is 0.107. The Morgan fingerprint density at radius 3 is 2.33 bits per heavy atom. The topological polar surface area (TPSA) is 65.0 Å². The van der Waals surface area contributed by atoms with E-state index in [0.29, 0.717) is 21.4 Å². The minimum Gasteiger partial charge on any atom is -0.326 e. The lowest BCUT2D eigenvalue weighted by Crippen LogP contribution is -2.42. The summed E-state index contributed by atoms with van der Waals surface area (Å²) in [5, 5.41) is 9.92. The van der Waals surface area contributed by atoms with E-state index in [0.717, 1.165) is 42.6 Å². The van der Waals surface area contributed by atoms with E-state index in [1.165, 1.54) is 11.9 Å². The first kappa shape index (κ1) is 20.7. The van der Waals surface area contributed by atoms with E-state index in [2.05, 4.69) is 5.32 Å². The molecule has 1 unspecified atom stereocenters. The van der Waals surface area contributed by atoms with E-state index in [9.17, 15) is 9.59 Å². The van der Waals surface area contributed by atoms with Crippen molar-refractivity contribution < 1.29 is 9.59 Å². The summed E-state index contributed by atoms with van der Waals surface area (Å²) in [7, 11) is 0. The molecule has 2 aromatic rings. The number of nitrogens with zero attached hydrogens (tertiary/aromatic N) is 3. The average Bonchev–Trinajstić information content (AvgIpc) is 3.25. The van der Waals surface area contributed by atoms with Crippen molar-refractivity contribution in [2.24, 2.45) is 5.10 Å². The molecule has 0 bridgehead atoms. The molecule has 0 spiro atoms. The third kappa shape index (κ3) is 3.89. The summed E-state index contributed by atoms with van der Waals surface area (Å²) < 4.78 is 0. The number of rotatable bonds is 2. The number of fused-ring (bicyclic) bond motifs is 1. The quantitative estimate of drug-likeness (QED) is 0.682. The third-order valence-corrected chi connectivity index (χ3v) is 6.15. The molecule has 156 valence electrons. The van der Waals surface area contributed by atoms with Gasteiger partial charge >= 0.3 is 6.03 Å². The van der Waals surface area contributed by atoms with Crippen molar-refractivity contribution in [2.75, 3.05) is 18.4 Å². The zero-order valence-corrected chi connectivity index (χ0v) is 18.3. The molecule has 2 aliphatic heterocycles. The normalized spacial score (nSPS) is 18.1. The number of amides is 3. The lowest BCUT2D eigenvalue weighted by molar-refractivity contribution is -0.114. The van der Waals surface area contributed by atoms with Crippen LogP contribution in [0.2, 0.25) is 10.0 Å². The smallest absolute Gasteiger partial charge is 0.326 e. The molecule has 1 fully saturated rings. The van der Waals surface area contributed by atoms with E-state index in [4.69, 9.17) is 28.3 Å². The van der Waals surface area contributed by atoms with Crippen LogP contribution in [0.4, 0.5) is 10.5 Å². The second kappa shape index (κ2) is 8.28. The Morgan fingerprint density at radius 2 is 1.70 bits per heavy atom. The van der Waals surface area contributed by atoms with Gasteiger partial charge in [-0.1, -0.05) is 35.3 Å². The fourth-order valence-electron chi connectivity index (χ4n) is 3.88. The standard InChI is InChI=1S/C22H22Cl2N4O2/c1-13-17-11-19(23)20(24)12-18(17)21(15-5-7-16(8-6-15)25-14(2)29)26-28(13)22(30)27-9-3-4-10-27/h5-8,11-13H,3-4,9-10H2,1-2H3,(H,25,29). The highest BCUT2D eigenvalue weighted by atomic mass is 35.5. The summed E-state index contributed by atoms with van der Waals surface area (Å²) in [5.74, 6) is -0.138. The monoisotopic (exact) mass is 444 g/mol. The number of carbonyl (C=O) groups is 2. The fraction of sp³-hybridized carbons (Fsp3) is 0.318. The Labute approximate surface area is 185 Å². The van der Waals surface area contributed by atoms with Crippen molar-refractivity contribution in [3.8, 4) is 0 Å². The molecule has 8 heteroatoms. The molecule has 1 atom stereocenters. The van der Waals surface area contributed by atoms with Crippen LogP contribution < -0.4 is 5.32 Å². The predicted octanol–water partition coefficient (Wildman–Crippen LogP) is 5.30. The lowest BCUT2D eigenvalue weighted by atomic mass is 9.92. The second-order valence-electron chi connectivity index (χ2n) is 7.56. The number of hydrogen-bond acceptors (Lipinski definition) is 3. The molecule has 2 heterocycles. The number of nitrogens with one attached hydrogen (secondary N) is 1. The van der Waals surface area contributed by atoms with Gasteiger partial charge in [-0.05, 0) is 49.6 Å². The van der Waals surface area contributed by atoms with Crippen LogP contribution in [0.15, 0.2) is 41.5 Å². The molecule has 0 aromatic heterocycles. The molecule has 0 aliphatic carbocycles. The Morgan fingerprint density at radius 1 is 1.07 bits per heavy atom.